The minimum absolute atomic E-state index is 0.245. The summed E-state index contributed by atoms with van der Waals surface area (Å²) in [7, 11) is 1.96. The van der Waals surface area contributed by atoms with Gasteiger partial charge in [-0.2, -0.15) is 0 Å². The molecule has 7 nitrogen and oxygen atoms in total. The van der Waals surface area contributed by atoms with Gasteiger partial charge in [-0.3, -0.25) is 4.79 Å². The van der Waals surface area contributed by atoms with Crippen LogP contribution in [0.5, 0.6) is 11.5 Å². The highest BCUT2D eigenvalue weighted by atomic mass is 16.5. The van der Waals surface area contributed by atoms with E-state index in [1.807, 2.05) is 78.7 Å². The van der Waals surface area contributed by atoms with Crippen molar-refractivity contribution in [1.29, 1.82) is 0 Å². The molecule has 5 rings (SSSR count). The van der Waals surface area contributed by atoms with E-state index in [0.717, 1.165) is 49.0 Å². The van der Waals surface area contributed by atoms with Gasteiger partial charge < -0.3 is 25.2 Å². The van der Waals surface area contributed by atoms with E-state index < -0.39 is 0 Å². The van der Waals surface area contributed by atoms with Crippen LogP contribution < -0.4 is 20.3 Å². The van der Waals surface area contributed by atoms with Crippen LogP contribution in [0.4, 0.5) is 21.9 Å². The monoisotopic (exact) mass is 526 g/mol. The fourth-order valence-corrected chi connectivity index (χ4v) is 5.58. The van der Waals surface area contributed by atoms with Crippen LogP contribution in [0.3, 0.4) is 0 Å². The third kappa shape index (κ3) is 7.31. The molecule has 3 aromatic rings. The SMILES string of the molecule is CN(C(=O)CCC1CCCC1)C1CCN(c2ccc(NC(=O)Nc3ccc(Oc4ccccc4)cc3)cc2)C1. The van der Waals surface area contributed by atoms with Crippen molar-refractivity contribution in [2.24, 2.45) is 5.92 Å². The number of benzene rings is 3. The van der Waals surface area contributed by atoms with Gasteiger partial charge in [0, 0.05) is 43.6 Å². The van der Waals surface area contributed by atoms with E-state index in [-0.39, 0.29) is 18.0 Å². The lowest BCUT2D eigenvalue weighted by molar-refractivity contribution is -0.131. The number of carbonyl (C=O) groups is 2. The molecule has 1 heterocycles. The van der Waals surface area contributed by atoms with Gasteiger partial charge >= 0.3 is 6.03 Å². The highest BCUT2D eigenvalue weighted by Crippen LogP contribution is 2.30. The van der Waals surface area contributed by atoms with E-state index in [2.05, 4.69) is 15.5 Å². The molecule has 0 bridgehead atoms. The number of rotatable bonds is 9. The topological polar surface area (TPSA) is 73.9 Å². The number of nitrogens with one attached hydrogen (secondary N) is 2. The molecular formula is C32H38N4O3. The first kappa shape index (κ1) is 26.6. The molecule has 1 saturated heterocycles. The summed E-state index contributed by atoms with van der Waals surface area (Å²) in [5.41, 5.74) is 2.49. The quantitative estimate of drug-likeness (QED) is 0.311. The summed E-state index contributed by atoms with van der Waals surface area (Å²) >= 11 is 0. The van der Waals surface area contributed by atoms with Crippen molar-refractivity contribution in [1.82, 2.24) is 4.90 Å². The van der Waals surface area contributed by atoms with Crippen LogP contribution in [-0.4, -0.2) is 43.0 Å². The largest absolute Gasteiger partial charge is 0.457 e. The molecule has 7 heteroatoms. The van der Waals surface area contributed by atoms with Crippen molar-refractivity contribution < 1.29 is 14.3 Å². The van der Waals surface area contributed by atoms with Crippen LogP contribution in [-0.2, 0) is 4.79 Å². The van der Waals surface area contributed by atoms with Crippen molar-refractivity contribution in [3.05, 3.63) is 78.9 Å². The summed E-state index contributed by atoms with van der Waals surface area (Å²) in [6, 6.07) is 24.6. The van der Waals surface area contributed by atoms with E-state index in [1.165, 1.54) is 25.7 Å². The Labute approximate surface area is 231 Å². The van der Waals surface area contributed by atoms with E-state index in [0.29, 0.717) is 17.9 Å². The third-order valence-electron chi connectivity index (χ3n) is 7.93. The smallest absolute Gasteiger partial charge is 0.323 e. The first-order chi connectivity index (χ1) is 19.0. The molecule has 39 heavy (non-hydrogen) atoms. The molecular weight excluding hydrogens is 488 g/mol. The van der Waals surface area contributed by atoms with E-state index >= 15 is 0 Å². The fourth-order valence-electron chi connectivity index (χ4n) is 5.58. The summed E-state index contributed by atoms with van der Waals surface area (Å²) in [5, 5.41) is 5.74. The number of likely N-dealkylation sites (N-methyl/N-ethyl adjacent to an activating group) is 1. The summed E-state index contributed by atoms with van der Waals surface area (Å²) < 4.78 is 5.80. The van der Waals surface area contributed by atoms with Crippen molar-refractivity contribution >= 4 is 29.0 Å². The Bertz CT molecular complexity index is 1220. The third-order valence-corrected chi connectivity index (χ3v) is 7.93. The van der Waals surface area contributed by atoms with Gasteiger partial charge in [0.15, 0.2) is 0 Å². The Morgan fingerprint density at radius 3 is 2.13 bits per heavy atom. The van der Waals surface area contributed by atoms with E-state index in [1.54, 1.807) is 12.1 Å². The molecule has 3 aromatic carbocycles. The standard InChI is InChI=1S/C32H38N4O3/c1-35(31(37)20-11-24-7-5-6-8-24)28-21-22-36(23-28)27-16-12-25(13-17-27)33-32(38)34-26-14-18-30(19-15-26)39-29-9-3-2-4-10-29/h2-4,9-10,12-19,24,28H,5-8,11,20-23H2,1H3,(H2,33,34,38). The molecule has 1 unspecified atom stereocenters. The average molecular weight is 527 g/mol. The van der Waals surface area contributed by atoms with Crippen molar-refractivity contribution in [2.45, 2.75) is 51.0 Å². The predicted octanol–water partition coefficient (Wildman–Crippen LogP) is 7.13. The Hall–Kier alpha value is -4.00. The molecule has 2 aliphatic rings. The van der Waals surface area contributed by atoms with Gasteiger partial charge in [-0.15, -0.1) is 0 Å². The van der Waals surface area contributed by atoms with Gasteiger partial charge in [0.1, 0.15) is 11.5 Å². The second kappa shape index (κ2) is 12.7. The summed E-state index contributed by atoms with van der Waals surface area (Å²) in [6.45, 7) is 1.76. The average Bonchev–Trinajstić information content (AvgIpc) is 3.66. The molecule has 1 atom stereocenters. The molecule has 1 aliphatic heterocycles. The zero-order valence-corrected chi connectivity index (χ0v) is 22.6. The van der Waals surface area contributed by atoms with Crippen molar-refractivity contribution in [3.63, 3.8) is 0 Å². The van der Waals surface area contributed by atoms with Crippen molar-refractivity contribution in [3.8, 4) is 11.5 Å². The van der Waals surface area contributed by atoms with Crippen LogP contribution in [0.15, 0.2) is 78.9 Å². The number of ether oxygens (including phenoxy) is 1. The van der Waals surface area contributed by atoms with Crippen molar-refractivity contribution in [2.75, 3.05) is 35.7 Å². The highest BCUT2D eigenvalue weighted by Gasteiger charge is 2.29. The first-order valence-corrected chi connectivity index (χ1v) is 14.0. The second-order valence-corrected chi connectivity index (χ2v) is 10.6. The maximum atomic E-state index is 12.8. The molecule has 3 amide bonds. The molecule has 0 aromatic heterocycles. The minimum Gasteiger partial charge on any atom is -0.457 e. The molecule has 2 N–H and O–H groups in total. The predicted molar refractivity (Wildman–Crippen MR) is 157 cm³/mol. The highest BCUT2D eigenvalue weighted by molar-refractivity contribution is 5.99. The lowest BCUT2D eigenvalue weighted by Gasteiger charge is -2.26. The molecule has 204 valence electrons. The van der Waals surface area contributed by atoms with Crippen LogP contribution in [0, 0.1) is 5.92 Å². The minimum atomic E-state index is -0.307. The number of amides is 3. The summed E-state index contributed by atoms with van der Waals surface area (Å²) in [6.07, 6.45) is 7.91. The van der Waals surface area contributed by atoms with Gasteiger partial charge in [-0.25, -0.2) is 4.79 Å². The molecule has 2 fully saturated rings. The lowest BCUT2D eigenvalue weighted by atomic mass is 10.0. The Kier molecular flexibility index (Phi) is 8.66. The number of carbonyl (C=O) groups excluding carboxylic acids is 2. The normalized spacial score (nSPS) is 17.2. The number of para-hydroxylation sites is 1. The first-order valence-electron chi connectivity index (χ1n) is 14.0. The number of hydrogen-bond acceptors (Lipinski definition) is 4. The van der Waals surface area contributed by atoms with E-state index in [4.69, 9.17) is 4.74 Å². The zero-order chi connectivity index (χ0) is 27.0. The van der Waals surface area contributed by atoms with Crippen LogP contribution in [0.25, 0.3) is 0 Å². The molecule has 1 saturated carbocycles. The Morgan fingerprint density at radius 2 is 1.46 bits per heavy atom. The number of urea groups is 1. The fraction of sp³-hybridized carbons (Fsp3) is 0.375. The van der Waals surface area contributed by atoms with Crippen LogP contribution in [0.2, 0.25) is 0 Å². The zero-order valence-electron chi connectivity index (χ0n) is 22.6. The van der Waals surface area contributed by atoms with Gasteiger partial charge in [0.25, 0.3) is 0 Å². The van der Waals surface area contributed by atoms with E-state index in [9.17, 15) is 9.59 Å². The maximum absolute atomic E-state index is 12.8. The van der Waals surface area contributed by atoms with Gasteiger partial charge in [0.2, 0.25) is 5.91 Å². The Balaban J connectivity index is 1.07. The molecule has 1 aliphatic carbocycles. The van der Waals surface area contributed by atoms with Gasteiger partial charge in [-0.1, -0.05) is 43.9 Å². The lowest BCUT2D eigenvalue weighted by Crippen LogP contribution is -2.39. The number of hydrogen-bond donors (Lipinski definition) is 2. The number of anilines is 3. The van der Waals surface area contributed by atoms with Crippen LogP contribution in [0.1, 0.15) is 44.9 Å². The van der Waals surface area contributed by atoms with Gasteiger partial charge in [-0.05, 0) is 79.4 Å². The van der Waals surface area contributed by atoms with Gasteiger partial charge in [0.05, 0.1) is 6.04 Å². The summed E-state index contributed by atoms with van der Waals surface area (Å²) in [4.78, 5) is 29.6. The summed E-state index contributed by atoms with van der Waals surface area (Å²) in [5.74, 6) is 2.49. The second-order valence-electron chi connectivity index (χ2n) is 10.6. The molecule has 0 radical (unpaired) electrons. The number of nitrogens with zero attached hydrogens (tertiary/aromatic N) is 2. The Morgan fingerprint density at radius 1 is 0.846 bits per heavy atom. The molecule has 0 spiro atoms. The van der Waals surface area contributed by atoms with Crippen LogP contribution >= 0.6 is 0 Å². The maximum Gasteiger partial charge on any atom is 0.323 e.